The van der Waals surface area contributed by atoms with E-state index >= 15 is 0 Å². The van der Waals surface area contributed by atoms with Gasteiger partial charge in [-0.15, -0.1) is 0 Å². The Morgan fingerprint density at radius 1 is 1.09 bits per heavy atom. The molecule has 0 spiro atoms. The van der Waals surface area contributed by atoms with E-state index in [-0.39, 0.29) is 24.5 Å². The number of hydrogen-bond acceptors (Lipinski definition) is 6. The molecule has 0 bridgehead atoms. The first-order valence-corrected chi connectivity index (χ1v) is 17.7. The zero-order valence-electron chi connectivity index (χ0n) is 29.2. The highest BCUT2D eigenvalue weighted by molar-refractivity contribution is 8.12. The average molecular weight is 640 g/mol. The highest BCUT2D eigenvalue weighted by atomic mass is 32.2. The summed E-state index contributed by atoms with van der Waals surface area (Å²) in [6.45, 7) is 16.3. The summed E-state index contributed by atoms with van der Waals surface area (Å²) < 4.78 is 0. The Hall–Kier alpha value is -2.73. The highest BCUT2D eigenvalue weighted by Gasteiger charge is 2.24. The summed E-state index contributed by atoms with van der Waals surface area (Å²) in [5, 5.41) is 7.39. The molecule has 1 heterocycles. The third kappa shape index (κ3) is 17.0. The largest absolute Gasteiger partial charge is 0.352 e. The molecule has 7 nitrogen and oxygen atoms in total. The molecule has 1 saturated carbocycles. The lowest BCUT2D eigenvalue weighted by Crippen LogP contribution is -2.41. The van der Waals surface area contributed by atoms with E-state index in [1.165, 1.54) is 65.1 Å². The Morgan fingerprint density at radius 3 is 2.13 bits per heavy atom. The Balaban J connectivity index is 0.000000379. The van der Waals surface area contributed by atoms with Gasteiger partial charge in [0.1, 0.15) is 6.54 Å². The number of nitrogens with two attached hydrogens (primary N) is 2. The van der Waals surface area contributed by atoms with E-state index in [1.54, 1.807) is 16.7 Å². The van der Waals surface area contributed by atoms with Gasteiger partial charge in [0.2, 0.25) is 12.3 Å². The van der Waals surface area contributed by atoms with Crippen LogP contribution in [0.2, 0.25) is 0 Å². The monoisotopic (exact) mass is 639 g/mol. The van der Waals surface area contributed by atoms with Gasteiger partial charge in [-0.05, 0) is 67.7 Å². The minimum atomic E-state index is 0.0317. The first-order chi connectivity index (χ1) is 21.5. The average Bonchev–Trinajstić information content (AvgIpc) is 3.47. The van der Waals surface area contributed by atoms with Crippen LogP contribution < -0.4 is 16.9 Å². The number of carbonyl (C=O) groups is 2. The molecule has 0 aromatic heterocycles. The number of rotatable bonds is 11. The first-order valence-electron chi connectivity index (χ1n) is 16.9. The van der Waals surface area contributed by atoms with Crippen molar-refractivity contribution in [2.24, 2.45) is 17.5 Å². The van der Waals surface area contributed by atoms with Crippen LogP contribution in [0.4, 0.5) is 0 Å². The third-order valence-corrected chi connectivity index (χ3v) is 8.95. The molecule has 1 saturated heterocycles. The summed E-state index contributed by atoms with van der Waals surface area (Å²) in [7, 11) is 0. The number of nitrogens with zero attached hydrogens (tertiary/aromatic N) is 2. The molecule has 8 heteroatoms. The van der Waals surface area contributed by atoms with Crippen molar-refractivity contribution in [2.45, 2.75) is 125 Å². The van der Waals surface area contributed by atoms with E-state index in [9.17, 15) is 9.59 Å². The van der Waals surface area contributed by atoms with Crippen LogP contribution in [0.3, 0.4) is 0 Å². The number of thioether (sulfide) groups is 1. The van der Waals surface area contributed by atoms with Crippen LogP contribution in [0.1, 0.15) is 130 Å². The molecule has 2 fully saturated rings. The van der Waals surface area contributed by atoms with Crippen LogP contribution in [-0.2, 0) is 9.59 Å². The molecule has 1 aromatic carbocycles. The number of hydrazine groups is 1. The van der Waals surface area contributed by atoms with E-state index in [1.807, 2.05) is 32.2 Å². The molecule has 5 N–H and O–H groups in total. The lowest BCUT2D eigenvalue weighted by Gasteiger charge is -2.22. The van der Waals surface area contributed by atoms with E-state index in [4.69, 9.17) is 11.6 Å². The normalized spacial score (nSPS) is 16.6. The Labute approximate surface area is 279 Å². The molecule has 2 unspecified atom stereocenters. The van der Waals surface area contributed by atoms with Gasteiger partial charge in [-0.25, -0.2) is 5.84 Å². The smallest absolute Gasteiger partial charge is 0.243 e. The van der Waals surface area contributed by atoms with Crippen LogP contribution in [-0.4, -0.2) is 47.9 Å². The van der Waals surface area contributed by atoms with Gasteiger partial charge in [0.05, 0.1) is 6.04 Å². The molecule has 0 radical (unpaired) electrons. The Morgan fingerprint density at radius 2 is 1.69 bits per heavy atom. The maximum absolute atomic E-state index is 12.0. The van der Waals surface area contributed by atoms with Crippen molar-refractivity contribution in [3.63, 3.8) is 0 Å². The van der Waals surface area contributed by atoms with Gasteiger partial charge < -0.3 is 21.0 Å². The molecule has 1 aliphatic carbocycles. The van der Waals surface area contributed by atoms with Gasteiger partial charge in [0.25, 0.3) is 0 Å². The van der Waals surface area contributed by atoms with Crippen LogP contribution in [0.25, 0.3) is 4.91 Å². The standard InChI is InChI=1S/C17H21NOS.C14H28N4O.C6H12/c1-5-6-11-20-17(13(2)3)16-9-7-15(8-10-16)14(4)18-12-19;1-4-5-12(11(2)3)8-18(16)10-14(19)17-7-6-13(15)9-17;1-2-4-6-5-3-1/h7-10,12,14H,5H2,1-4H3,(H,18,19);8,11,13H,4-7,9-10,15-16H2,1-3H3;1-6H2/b;12-8+;. The fourth-order valence-corrected chi connectivity index (χ4v) is 5.89. The summed E-state index contributed by atoms with van der Waals surface area (Å²) in [6, 6.07) is 8.42. The number of likely N-dealkylation sites (tertiary alicyclic amines) is 1. The van der Waals surface area contributed by atoms with Crippen molar-refractivity contribution in [2.75, 3.05) is 19.6 Å². The second-order valence-corrected chi connectivity index (χ2v) is 13.3. The quantitative estimate of drug-likeness (QED) is 0.0990. The van der Waals surface area contributed by atoms with Crippen LogP contribution in [0, 0.1) is 17.1 Å². The molecular formula is C37H61N5O2S. The number of amides is 2. The number of hydrogen-bond donors (Lipinski definition) is 3. The highest BCUT2D eigenvalue weighted by Crippen LogP contribution is 2.31. The van der Waals surface area contributed by atoms with Crippen LogP contribution >= 0.6 is 11.8 Å². The van der Waals surface area contributed by atoms with E-state index in [2.05, 4.69) is 63.2 Å². The minimum absolute atomic E-state index is 0.0317. The van der Waals surface area contributed by atoms with Gasteiger partial charge in [0.15, 0.2) is 0 Å². The maximum Gasteiger partial charge on any atom is 0.243 e. The van der Waals surface area contributed by atoms with E-state index in [0.717, 1.165) is 44.2 Å². The van der Waals surface area contributed by atoms with Crippen molar-refractivity contribution in [1.29, 1.82) is 0 Å². The summed E-state index contributed by atoms with van der Waals surface area (Å²) in [5.74, 6) is 9.52. The molecule has 1 aliphatic heterocycles. The molecule has 3 rings (SSSR count). The summed E-state index contributed by atoms with van der Waals surface area (Å²) >= 11 is 1.58. The molecule has 2 amide bonds. The zero-order valence-corrected chi connectivity index (χ0v) is 30.0. The predicted molar refractivity (Wildman–Crippen MR) is 194 cm³/mol. The van der Waals surface area contributed by atoms with Crippen LogP contribution in [0.5, 0.6) is 0 Å². The maximum atomic E-state index is 12.0. The lowest BCUT2D eigenvalue weighted by molar-refractivity contribution is -0.130. The second-order valence-electron chi connectivity index (χ2n) is 12.5. The molecule has 45 heavy (non-hydrogen) atoms. The second kappa shape index (κ2) is 23.6. The van der Waals surface area contributed by atoms with Crippen molar-refractivity contribution in [1.82, 2.24) is 15.2 Å². The molecule has 2 aliphatic rings. The van der Waals surface area contributed by atoms with Gasteiger partial charge >= 0.3 is 0 Å². The predicted octanol–water partition coefficient (Wildman–Crippen LogP) is 7.75. The number of benzene rings is 1. The Bertz CT molecular complexity index is 1100. The summed E-state index contributed by atoms with van der Waals surface area (Å²) in [5.41, 5.74) is 10.6. The number of allylic oxidation sites excluding steroid dienone is 2. The van der Waals surface area contributed by atoms with Gasteiger partial charge in [-0.2, -0.15) is 0 Å². The SMILES string of the molecule is C1CCCCC1.CCC#CSC(=C(C)C)c1ccc(C(C)NC=O)cc1.CCC/C(=C\N(N)CC(=O)N1CCC(N)C1)C(C)C. The lowest BCUT2D eigenvalue weighted by atomic mass is 10.00. The fraction of sp³-hybridized carbons (Fsp3) is 0.622. The zero-order chi connectivity index (χ0) is 33.6. The van der Waals surface area contributed by atoms with Crippen molar-refractivity contribution in [3.8, 4) is 11.2 Å². The van der Waals surface area contributed by atoms with Gasteiger partial charge in [-0.1, -0.05) is 114 Å². The van der Waals surface area contributed by atoms with E-state index in [0.29, 0.717) is 12.5 Å². The summed E-state index contributed by atoms with van der Waals surface area (Å²) in [6.07, 6.45) is 15.5. The Kier molecular flexibility index (Phi) is 21.1. The molecule has 2 atom stereocenters. The topological polar surface area (TPSA) is 105 Å². The first kappa shape index (κ1) is 40.3. The van der Waals surface area contributed by atoms with Crippen molar-refractivity contribution >= 4 is 29.0 Å². The minimum Gasteiger partial charge on any atom is -0.352 e. The summed E-state index contributed by atoms with van der Waals surface area (Å²) in [4.78, 5) is 25.5. The number of nitrogens with one attached hydrogen (secondary N) is 1. The molecule has 1 aromatic rings. The van der Waals surface area contributed by atoms with Gasteiger partial charge in [0, 0.05) is 36.7 Å². The third-order valence-electron chi connectivity index (χ3n) is 7.85. The molecule has 252 valence electrons. The van der Waals surface area contributed by atoms with E-state index < -0.39 is 0 Å². The van der Waals surface area contributed by atoms with Gasteiger partial charge in [-0.3, -0.25) is 9.59 Å². The van der Waals surface area contributed by atoms with Crippen molar-refractivity contribution in [3.05, 3.63) is 52.7 Å². The fourth-order valence-electron chi connectivity index (χ4n) is 5.11. The van der Waals surface area contributed by atoms with Crippen molar-refractivity contribution < 1.29 is 9.59 Å². The number of carbonyl (C=O) groups excluding carboxylic acids is 2. The molecular weight excluding hydrogens is 579 g/mol. The van der Waals surface area contributed by atoms with Crippen LogP contribution in [0.15, 0.2) is 41.6 Å².